The van der Waals surface area contributed by atoms with Gasteiger partial charge in [-0.1, -0.05) is 45.0 Å². The summed E-state index contributed by atoms with van der Waals surface area (Å²) in [5.41, 5.74) is 0.138. The van der Waals surface area contributed by atoms with E-state index < -0.39 is 12.5 Å². The predicted molar refractivity (Wildman–Crippen MR) is 56.1 cm³/mol. The summed E-state index contributed by atoms with van der Waals surface area (Å²) >= 11 is 0. The van der Waals surface area contributed by atoms with E-state index in [1.165, 1.54) is 6.07 Å². The van der Waals surface area contributed by atoms with E-state index in [4.69, 9.17) is 5.11 Å². The first-order chi connectivity index (χ1) is 6.79. The van der Waals surface area contributed by atoms with Gasteiger partial charge in [0.15, 0.2) is 0 Å². The number of aliphatic hydroxyl groups is 1. The normalized spacial score (nSPS) is 12.9. The summed E-state index contributed by atoms with van der Waals surface area (Å²) in [4.78, 5) is 0. The van der Waals surface area contributed by atoms with Crippen molar-refractivity contribution in [1.82, 2.24) is 0 Å². The molecule has 0 aliphatic carbocycles. The number of rotatable bonds is 2. The standard InChI is InChI=1S/C12H16F2O/c1-11(2,3)9-6-4-5-7-10(9)12(13,14)8-15/h4-7,15H,8H2,1-3H3. The van der Waals surface area contributed by atoms with E-state index in [-0.39, 0.29) is 11.0 Å². The van der Waals surface area contributed by atoms with Gasteiger partial charge in [-0.2, -0.15) is 8.78 Å². The van der Waals surface area contributed by atoms with Crippen LogP contribution < -0.4 is 0 Å². The van der Waals surface area contributed by atoms with Gasteiger partial charge in [-0.15, -0.1) is 0 Å². The second-order valence-corrected chi connectivity index (χ2v) is 4.66. The SMILES string of the molecule is CC(C)(C)c1ccccc1C(F)(F)CO. The first-order valence-electron chi connectivity index (χ1n) is 4.88. The smallest absolute Gasteiger partial charge is 0.296 e. The van der Waals surface area contributed by atoms with Crippen LogP contribution in [-0.4, -0.2) is 11.7 Å². The van der Waals surface area contributed by atoms with E-state index in [1.807, 2.05) is 20.8 Å². The zero-order valence-corrected chi connectivity index (χ0v) is 9.22. The van der Waals surface area contributed by atoms with Crippen LogP contribution in [0, 0.1) is 0 Å². The van der Waals surface area contributed by atoms with Gasteiger partial charge in [0.25, 0.3) is 5.92 Å². The molecule has 1 aromatic carbocycles. The van der Waals surface area contributed by atoms with Crippen molar-refractivity contribution in [2.24, 2.45) is 0 Å². The molecule has 1 aromatic rings. The number of hydrogen-bond donors (Lipinski definition) is 1. The quantitative estimate of drug-likeness (QED) is 0.802. The van der Waals surface area contributed by atoms with Crippen molar-refractivity contribution in [2.75, 3.05) is 6.61 Å². The van der Waals surface area contributed by atoms with Crippen molar-refractivity contribution in [3.05, 3.63) is 35.4 Å². The summed E-state index contributed by atoms with van der Waals surface area (Å²) in [7, 11) is 0. The summed E-state index contributed by atoms with van der Waals surface area (Å²) in [5.74, 6) is -3.16. The Hall–Kier alpha value is -0.960. The maximum absolute atomic E-state index is 13.4. The summed E-state index contributed by atoms with van der Waals surface area (Å²) in [6.07, 6.45) is 0. The molecule has 0 spiro atoms. The Labute approximate surface area is 88.7 Å². The molecule has 0 atom stereocenters. The van der Waals surface area contributed by atoms with Crippen LogP contribution in [0.1, 0.15) is 31.9 Å². The van der Waals surface area contributed by atoms with Gasteiger partial charge in [0.1, 0.15) is 6.61 Å². The van der Waals surface area contributed by atoms with Crippen LogP contribution in [0.15, 0.2) is 24.3 Å². The van der Waals surface area contributed by atoms with Crippen molar-refractivity contribution in [1.29, 1.82) is 0 Å². The van der Waals surface area contributed by atoms with Crippen LogP contribution >= 0.6 is 0 Å². The molecule has 0 saturated heterocycles. The van der Waals surface area contributed by atoms with Crippen LogP contribution in [0.25, 0.3) is 0 Å². The summed E-state index contributed by atoms with van der Waals surface area (Å²) in [5, 5.41) is 8.69. The molecule has 3 heteroatoms. The molecule has 0 heterocycles. The molecule has 0 aromatic heterocycles. The monoisotopic (exact) mass is 214 g/mol. The van der Waals surface area contributed by atoms with E-state index in [0.29, 0.717) is 5.56 Å². The third kappa shape index (κ3) is 2.53. The Kier molecular flexibility index (Phi) is 3.14. The molecule has 0 unspecified atom stereocenters. The molecular weight excluding hydrogens is 198 g/mol. The molecule has 0 amide bonds. The van der Waals surface area contributed by atoms with Crippen LogP contribution in [0.2, 0.25) is 0 Å². The molecule has 0 aliphatic rings. The van der Waals surface area contributed by atoms with Gasteiger partial charge in [-0.05, 0) is 11.0 Å². The predicted octanol–water partition coefficient (Wildman–Crippen LogP) is 3.07. The van der Waals surface area contributed by atoms with E-state index in [9.17, 15) is 8.78 Å². The number of hydrogen-bond acceptors (Lipinski definition) is 1. The lowest BCUT2D eigenvalue weighted by Gasteiger charge is -2.26. The largest absolute Gasteiger partial charge is 0.390 e. The highest BCUT2D eigenvalue weighted by molar-refractivity contribution is 5.35. The second-order valence-electron chi connectivity index (χ2n) is 4.66. The van der Waals surface area contributed by atoms with E-state index in [1.54, 1.807) is 18.2 Å². The lowest BCUT2D eigenvalue weighted by atomic mass is 9.82. The van der Waals surface area contributed by atoms with Crippen molar-refractivity contribution in [3.63, 3.8) is 0 Å². The average molecular weight is 214 g/mol. The van der Waals surface area contributed by atoms with Gasteiger partial charge in [0, 0.05) is 5.56 Å². The zero-order chi connectivity index (χ0) is 11.7. The van der Waals surface area contributed by atoms with Crippen molar-refractivity contribution in [3.8, 4) is 0 Å². The lowest BCUT2D eigenvalue weighted by Crippen LogP contribution is -2.25. The second kappa shape index (κ2) is 3.89. The molecule has 0 radical (unpaired) electrons. The number of benzene rings is 1. The summed E-state index contributed by atoms with van der Waals surface area (Å²) in [6, 6.07) is 6.35. The van der Waals surface area contributed by atoms with Crippen LogP contribution in [0.3, 0.4) is 0 Å². The third-order valence-corrected chi connectivity index (χ3v) is 2.33. The van der Waals surface area contributed by atoms with Crippen LogP contribution in [0.4, 0.5) is 8.78 Å². The van der Waals surface area contributed by atoms with Gasteiger partial charge in [-0.25, -0.2) is 0 Å². The van der Waals surface area contributed by atoms with Crippen molar-refractivity contribution in [2.45, 2.75) is 32.1 Å². The lowest BCUT2D eigenvalue weighted by molar-refractivity contribution is -0.0568. The number of aliphatic hydroxyl groups excluding tert-OH is 1. The molecule has 1 rings (SSSR count). The Morgan fingerprint density at radius 3 is 1.93 bits per heavy atom. The minimum atomic E-state index is -3.16. The highest BCUT2D eigenvalue weighted by atomic mass is 19.3. The van der Waals surface area contributed by atoms with Crippen molar-refractivity contribution >= 4 is 0 Å². The minimum Gasteiger partial charge on any atom is -0.390 e. The summed E-state index contributed by atoms with van der Waals surface area (Å²) < 4.78 is 26.9. The Bertz CT molecular complexity index is 340. The first kappa shape index (κ1) is 12.1. The first-order valence-corrected chi connectivity index (χ1v) is 4.88. The summed E-state index contributed by atoms with van der Waals surface area (Å²) in [6.45, 7) is 4.47. The van der Waals surface area contributed by atoms with Gasteiger partial charge in [0.2, 0.25) is 0 Å². The van der Waals surface area contributed by atoms with Gasteiger partial charge >= 0.3 is 0 Å². The van der Waals surface area contributed by atoms with Crippen LogP contribution in [0.5, 0.6) is 0 Å². The molecule has 84 valence electrons. The van der Waals surface area contributed by atoms with E-state index >= 15 is 0 Å². The number of halogens is 2. The highest BCUT2D eigenvalue weighted by Crippen LogP contribution is 2.35. The van der Waals surface area contributed by atoms with Gasteiger partial charge in [0.05, 0.1) is 0 Å². The maximum Gasteiger partial charge on any atom is 0.296 e. The number of alkyl halides is 2. The van der Waals surface area contributed by atoms with Crippen molar-refractivity contribution < 1.29 is 13.9 Å². The van der Waals surface area contributed by atoms with Crippen LogP contribution in [-0.2, 0) is 11.3 Å². The molecule has 0 saturated carbocycles. The average Bonchev–Trinajstić information content (AvgIpc) is 2.16. The fraction of sp³-hybridized carbons (Fsp3) is 0.500. The van der Waals surface area contributed by atoms with E-state index in [2.05, 4.69) is 0 Å². The topological polar surface area (TPSA) is 20.2 Å². The van der Waals surface area contributed by atoms with Gasteiger partial charge < -0.3 is 5.11 Å². The molecule has 15 heavy (non-hydrogen) atoms. The Morgan fingerprint density at radius 2 is 1.53 bits per heavy atom. The molecule has 0 fully saturated rings. The minimum absolute atomic E-state index is 0.0833. The Morgan fingerprint density at radius 1 is 1.07 bits per heavy atom. The van der Waals surface area contributed by atoms with E-state index in [0.717, 1.165) is 0 Å². The van der Waals surface area contributed by atoms with Gasteiger partial charge in [-0.3, -0.25) is 0 Å². The molecule has 0 bridgehead atoms. The fourth-order valence-corrected chi connectivity index (χ4v) is 1.54. The zero-order valence-electron chi connectivity index (χ0n) is 9.22. The Balaban J connectivity index is 3.31. The third-order valence-electron chi connectivity index (χ3n) is 2.33. The molecule has 1 N–H and O–H groups in total. The maximum atomic E-state index is 13.4. The molecule has 0 aliphatic heterocycles. The fourth-order valence-electron chi connectivity index (χ4n) is 1.54. The highest BCUT2D eigenvalue weighted by Gasteiger charge is 2.35. The molecule has 1 nitrogen and oxygen atoms in total. The molecular formula is C12H16F2O.